The maximum atomic E-state index is 11.8. The topological polar surface area (TPSA) is 77.0 Å². The molecule has 0 saturated carbocycles. The van der Waals surface area contributed by atoms with Gasteiger partial charge in [-0.3, -0.25) is 5.32 Å². The van der Waals surface area contributed by atoms with Crippen LogP contribution in [0.1, 0.15) is 25.3 Å². The Morgan fingerprint density at radius 1 is 1.43 bits per heavy atom. The Kier molecular flexibility index (Phi) is 3.73. The van der Waals surface area contributed by atoms with Gasteiger partial charge in [-0.25, -0.2) is 4.79 Å². The summed E-state index contributed by atoms with van der Waals surface area (Å²) in [4.78, 5) is 11.8. The monoisotopic (exact) mass is 293 g/mol. The van der Waals surface area contributed by atoms with Gasteiger partial charge in [0, 0.05) is 13.2 Å². The van der Waals surface area contributed by atoms with Crippen LogP contribution in [0.5, 0.6) is 11.5 Å². The Morgan fingerprint density at radius 3 is 2.95 bits per heavy atom. The molecule has 0 radical (unpaired) electrons. The van der Waals surface area contributed by atoms with Crippen LogP contribution in [0, 0.1) is 0 Å². The van der Waals surface area contributed by atoms with E-state index < -0.39 is 11.5 Å². The SMILES string of the molecule is CC(NCC1CCCO1)(C(=O)O)c1ccc2c(c1)OCO2. The number of carboxylic acids is 1. The van der Waals surface area contributed by atoms with Crippen LogP contribution in [0.15, 0.2) is 18.2 Å². The first-order valence-corrected chi connectivity index (χ1v) is 7.10. The first-order chi connectivity index (χ1) is 10.1. The summed E-state index contributed by atoms with van der Waals surface area (Å²) >= 11 is 0. The average molecular weight is 293 g/mol. The fraction of sp³-hybridized carbons (Fsp3) is 0.533. The molecule has 6 heteroatoms. The minimum Gasteiger partial charge on any atom is -0.480 e. The van der Waals surface area contributed by atoms with Crippen molar-refractivity contribution in [2.24, 2.45) is 0 Å². The molecular weight excluding hydrogens is 274 g/mol. The Balaban J connectivity index is 1.80. The number of fused-ring (bicyclic) bond motifs is 1. The number of aliphatic carboxylic acids is 1. The molecule has 2 atom stereocenters. The Hall–Kier alpha value is -1.79. The third-order valence-corrected chi connectivity index (χ3v) is 4.08. The lowest BCUT2D eigenvalue weighted by Crippen LogP contribution is -2.49. The first kappa shape index (κ1) is 14.2. The van der Waals surface area contributed by atoms with Crippen LogP contribution >= 0.6 is 0 Å². The summed E-state index contributed by atoms with van der Waals surface area (Å²) in [5, 5.41) is 12.8. The number of carboxylic acid groups (broad SMARTS) is 1. The molecule has 0 amide bonds. The summed E-state index contributed by atoms with van der Waals surface area (Å²) in [7, 11) is 0. The van der Waals surface area contributed by atoms with Crippen molar-refractivity contribution in [2.75, 3.05) is 19.9 Å². The number of benzene rings is 1. The van der Waals surface area contributed by atoms with Gasteiger partial charge < -0.3 is 19.3 Å². The van der Waals surface area contributed by atoms with E-state index in [0.29, 0.717) is 23.6 Å². The normalized spacial score (nSPS) is 23.0. The van der Waals surface area contributed by atoms with Crippen molar-refractivity contribution in [3.63, 3.8) is 0 Å². The van der Waals surface area contributed by atoms with Gasteiger partial charge in [-0.1, -0.05) is 6.07 Å². The van der Waals surface area contributed by atoms with Gasteiger partial charge in [-0.05, 0) is 37.5 Å². The molecule has 0 aliphatic carbocycles. The first-order valence-electron chi connectivity index (χ1n) is 7.10. The minimum absolute atomic E-state index is 0.0812. The molecule has 114 valence electrons. The van der Waals surface area contributed by atoms with Gasteiger partial charge in [0.2, 0.25) is 6.79 Å². The molecule has 2 heterocycles. The van der Waals surface area contributed by atoms with E-state index in [-0.39, 0.29) is 12.9 Å². The summed E-state index contributed by atoms with van der Waals surface area (Å²) in [6.07, 6.45) is 2.07. The van der Waals surface area contributed by atoms with E-state index in [0.717, 1.165) is 19.4 Å². The van der Waals surface area contributed by atoms with Crippen molar-refractivity contribution in [3.05, 3.63) is 23.8 Å². The largest absolute Gasteiger partial charge is 0.480 e. The molecule has 0 spiro atoms. The van der Waals surface area contributed by atoms with Crippen molar-refractivity contribution in [2.45, 2.75) is 31.4 Å². The fourth-order valence-electron chi connectivity index (χ4n) is 2.63. The van der Waals surface area contributed by atoms with E-state index in [1.165, 1.54) is 0 Å². The molecule has 2 unspecified atom stereocenters. The van der Waals surface area contributed by atoms with Crippen LogP contribution < -0.4 is 14.8 Å². The van der Waals surface area contributed by atoms with Gasteiger partial charge in [0.05, 0.1) is 6.10 Å². The lowest BCUT2D eigenvalue weighted by atomic mass is 9.91. The number of ether oxygens (including phenoxy) is 3. The predicted molar refractivity (Wildman–Crippen MR) is 74.5 cm³/mol. The van der Waals surface area contributed by atoms with Gasteiger partial charge >= 0.3 is 5.97 Å². The number of carbonyl (C=O) groups is 1. The van der Waals surface area contributed by atoms with Crippen LogP contribution in [0.2, 0.25) is 0 Å². The van der Waals surface area contributed by atoms with Crippen molar-refractivity contribution < 1.29 is 24.1 Å². The summed E-state index contributed by atoms with van der Waals surface area (Å²) in [6, 6.07) is 5.22. The Labute approximate surface area is 123 Å². The molecule has 0 bridgehead atoms. The molecule has 0 aromatic heterocycles. The van der Waals surface area contributed by atoms with Gasteiger partial charge in [-0.2, -0.15) is 0 Å². The van der Waals surface area contributed by atoms with Gasteiger partial charge in [0.25, 0.3) is 0 Å². The van der Waals surface area contributed by atoms with E-state index in [1.54, 1.807) is 25.1 Å². The standard InChI is InChI=1S/C15H19NO5/c1-15(14(17)18,16-8-11-3-2-6-19-11)10-4-5-12-13(7-10)21-9-20-12/h4-5,7,11,16H,2-3,6,8-9H2,1H3,(H,17,18). The number of hydrogen-bond donors (Lipinski definition) is 2. The van der Waals surface area contributed by atoms with E-state index >= 15 is 0 Å². The highest BCUT2D eigenvalue weighted by molar-refractivity contribution is 5.80. The van der Waals surface area contributed by atoms with E-state index in [9.17, 15) is 9.90 Å². The smallest absolute Gasteiger partial charge is 0.328 e. The number of nitrogens with one attached hydrogen (secondary N) is 1. The highest BCUT2D eigenvalue weighted by atomic mass is 16.7. The minimum atomic E-state index is -1.19. The highest BCUT2D eigenvalue weighted by Crippen LogP contribution is 2.36. The summed E-state index contributed by atoms with van der Waals surface area (Å²) in [5.41, 5.74) is -0.551. The van der Waals surface area contributed by atoms with Crippen LogP contribution in [0.4, 0.5) is 0 Å². The number of hydrogen-bond acceptors (Lipinski definition) is 5. The molecule has 6 nitrogen and oxygen atoms in total. The van der Waals surface area contributed by atoms with Gasteiger partial charge in [0.1, 0.15) is 5.54 Å². The van der Waals surface area contributed by atoms with Crippen LogP contribution in [0.3, 0.4) is 0 Å². The van der Waals surface area contributed by atoms with Gasteiger partial charge in [0.15, 0.2) is 11.5 Å². The molecular formula is C15H19NO5. The average Bonchev–Trinajstić information content (AvgIpc) is 3.14. The van der Waals surface area contributed by atoms with E-state index in [2.05, 4.69) is 5.32 Å². The maximum Gasteiger partial charge on any atom is 0.328 e. The van der Waals surface area contributed by atoms with Crippen molar-refractivity contribution in [1.82, 2.24) is 5.32 Å². The molecule has 2 aliphatic rings. The van der Waals surface area contributed by atoms with Crippen LogP contribution in [-0.4, -0.2) is 37.1 Å². The molecule has 1 aromatic carbocycles. The quantitative estimate of drug-likeness (QED) is 0.856. The zero-order valence-electron chi connectivity index (χ0n) is 11.9. The predicted octanol–water partition coefficient (Wildman–Crippen LogP) is 1.48. The second-order valence-electron chi connectivity index (χ2n) is 5.51. The van der Waals surface area contributed by atoms with Crippen molar-refractivity contribution in [1.29, 1.82) is 0 Å². The lowest BCUT2D eigenvalue weighted by molar-refractivity contribution is -0.144. The fourth-order valence-corrected chi connectivity index (χ4v) is 2.63. The highest BCUT2D eigenvalue weighted by Gasteiger charge is 2.37. The van der Waals surface area contributed by atoms with Gasteiger partial charge in [-0.15, -0.1) is 0 Å². The van der Waals surface area contributed by atoms with Crippen LogP contribution in [0.25, 0.3) is 0 Å². The lowest BCUT2D eigenvalue weighted by Gasteiger charge is -2.28. The third kappa shape index (κ3) is 2.69. The molecule has 1 saturated heterocycles. The van der Waals surface area contributed by atoms with E-state index in [1.807, 2.05) is 0 Å². The molecule has 2 N–H and O–H groups in total. The molecule has 1 fully saturated rings. The second kappa shape index (κ2) is 5.54. The maximum absolute atomic E-state index is 11.8. The summed E-state index contributed by atoms with van der Waals surface area (Å²) in [6.45, 7) is 3.09. The Bertz CT molecular complexity index is 541. The van der Waals surface area contributed by atoms with Crippen molar-refractivity contribution >= 4 is 5.97 Å². The molecule has 1 aromatic rings. The molecule has 2 aliphatic heterocycles. The summed E-state index contributed by atoms with van der Waals surface area (Å²) in [5.74, 6) is 0.295. The zero-order valence-corrected chi connectivity index (χ0v) is 11.9. The molecule has 21 heavy (non-hydrogen) atoms. The van der Waals surface area contributed by atoms with E-state index in [4.69, 9.17) is 14.2 Å². The van der Waals surface area contributed by atoms with Crippen LogP contribution in [-0.2, 0) is 15.1 Å². The zero-order chi connectivity index (χ0) is 14.9. The second-order valence-corrected chi connectivity index (χ2v) is 5.51. The third-order valence-electron chi connectivity index (χ3n) is 4.08. The summed E-state index contributed by atoms with van der Waals surface area (Å²) < 4.78 is 16.1. The molecule has 3 rings (SSSR count). The number of rotatable bonds is 5. The Morgan fingerprint density at radius 2 is 2.24 bits per heavy atom. The van der Waals surface area contributed by atoms with Crippen molar-refractivity contribution in [3.8, 4) is 11.5 Å².